The molecule has 0 aliphatic rings. The Balaban J connectivity index is 2.03. The molecule has 4 N–H and O–H groups in total. The molecule has 7 nitrogen and oxygen atoms in total. The molecule has 27 heavy (non-hydrogen) atoms. The van der Waals surface area contributed by atoms with Gasteiger partial charge in [-0.3, -0.25) is 15.1 Å². The van der Waals surface area contributed by atoms with Crippen LogP contribution < -0.4 is 10.9 Å². The van der Waals surface area contributed by atoms with E-state index in [1.165, 1.54) is 23.7 Å². The molecule has 0 spiro atoms. The van der Waals surface area contributed by atoms with Crippen molar-refractivity contribution in [3.05, 3.63) is 69.4 Å². The number of benzene rings is 1. The number of aromatic hydroxyl groups is 1. The number of aliphatic hydroxyl groups is 2. The predicted octanol–water partition coefficient (Wildman–Crippen LogP) is 0.942. The summed E-state index contributed by atoms with van der Waals surface area (Å²) in [7, 11) is 1.52. The summed E-state index contributed by atoms with van der Waals surface area (Å²) in [5.74, 6) is -0.719. The Hall–Kier alpha value is -2.81. The fraction of sp³-hybridized carbons (Fsp3) is 0.263. The Morgan fingerprint density at radius 1 is 1.26 bits per heavy atom. The molecule has 0 saturated carbocycles. The summed E-state index contributed by atoms with van der Waals surface area (Å²) in [6, 6.07) is 7.81. The van der Waals surface area contributed by atoms with E-state index in [4.69, 9.17) is 5.11 Å². The molecule has 1 aromatic carbocycles. The van der Waals surface area contributed by atoms with Crippen LogP contribution in [-0.4, -0.2) is 38.0 Å². The van der Waals surface area contributed by atoms with E-state index in [0.717, 1.165) is 11.1 Å². The van der Waals surface area contributed by atoms with E-state index in [1.807, 2.05) is 0 Å². The molecule has 142 valence electrons. The lowest BCUT2D eigenvalue weighted by molar-refractivity contribution is 0.125. The number of nitrogens with zero attached hydrogens (tertiary/aromatic N) is 2. The number of aliphatic hydroxyl groups excluding tert-OH is 2. The minimum Gasteiger partial charge on any atom is -0.505 e. The second kappa shape index (κ2) is 7.83. The van der Waals surface area contributed by atoms with E-state index in [0.29, 0.717) is 11.9 Å². The normalized spacial score (nSPS) is 12.4. The van der Waals surface area contributed by atoms with Gasteiger partial charge >= 0.3 is 0 Å². The summed E-state index contributed by atoms with van der Waals surface area (Å²) in [6.45, 7) is -0.164. The third-order valence-corrected chi connectivity index (χ3v) is 4.34. The van der Waals surface area contributed by atoms with Crippen LogP contribution in [0.3, 0.4) is 0 Å². The number of aryl methyl sites for hydroxylation is 1. The van der Waals surface area contributed by atoms with Crippen LogP contribution in [0.5, 0.6) is 5.75 Å². The van der Waals surface area contributed by atoms with Crippen LogP contribution >= 0.6 is 0 Å². The Kier molecular flexibility index (Phi) is 5.50. The van der Waals surface area contributed by atoms with Gasteiger partial charge in [0.05, 0.1) is 12.1 Å². The third kappa shape index (κ3) is 3.82. The lowest BCUT2D eigenvalue weighted by Gasteiger charge is -2.16. The summed E-state index contributed by atoms with van der Waals surface area (Å²) in [4.78, 5) is 16.8. The van der Waals surface area contributed by atoms with Crippen molar-refractivity contribution in [2.45, 2.75) is 12.6 Å². The maximum Gasteiger partial charge on any atom is 0.261 e. The molecule has 3 rings (SSSR count). The van der Waals surface area contributed by atoms with Crippen molar-refractivity contribution >= 4 is 11.0 Å². The first-order valence-electron chi connectivity index (χ1n) is 8.39. The molecule has 0 aliphatic heterocycles. The molecular weight excluding hydrogens is 353 g/mol. The molecule has 3 aromatic rings. The van der Waals surface area contributed by atoms with E-state index < -0.39 is 17.5 Å². The number of hydrogen-bond acceptors (Lipinski definition) is 6. The molecule has 1 atom stereocenters. The highest BCUT2D eigenvalue weighted by Crippen LogP contribution is 2.28. The van der Waals surface area contributed by atoms with Gasteiger partial charge in [-0.15, -0.1) is 0 Å². The highest BCUT2D eigenvalue weighted by Gasteiger charge is 2.22. The molecule has 2 aromatic heterocycles. The highest BCUT2D eigenvalue weighted by atomic mass is 19.1. The predicted molar refractivity (Wildman–Crippen MR) is 97.9 cm³/mol. The molecule has 2 heterocycles. The number of rotatable bonds is 6. The van der Waals surface area contributed by atoms with Crippen molar-refractivity contribution in [1.29, 1.82) is 0 Å². The van der Waals surface area contributed by atoms with Gasteiger partial charge in [-0.05, 0) is 35.7 Å². The number of hydrogen-bond donors (Lipinski definition) is 4. The van der Waals surface area contributed by atoms with Crippen LogP contribution in [0.2, 0.25) is 0 Å². The Bertz CT molecular complexity index is 1020. The van der Waals surface area contributed by atoms with Gasteiger partial charge in [0.25, 0.3) is 5.56 Å². The Labute approximate surface area is 154 Å². The van der Waals surface area contributed by atoms with Crippen molar-refractivity contribution in [2.75, 3.05) is 13.2 Å². The molecule has 0 saturated heterocycles. The average molecular weight is 373 g/mol. The van der Waals surface area contributed by atoms with Crippen LogP contribution in [0.15, 0.2) is 41.3 Å². The summed E-state index contributed by atoms with van der Waals surface area (Å²) in [5.41, 5.74) is 1.47. The summed E-state index contributed by atoms with van der Waals surface area (Å²) < 4.78 is 14.3. The van der Waals surface area contributed by atoms with Gasteiger partial charge in [-0.25, -0.2) is 4.39 Å². The van der Waals surface area contributed by atoms with Crippen molar-refractivity contribution in [3.8, 4) is 5.75 Å². The lowest BCUT2D eigenvalue weighted by Crippen LogP contribution is -2.32. The van der Waals surface area contributed by atoms with Gasteiger partial charge < -0.3 is 19.9 Å². The van der Waals surface area contributed by atoms with Crippen LogP contribution in [0.25, 0.3) is 11.0 Å². The topological polar surface area (TPSA) is 108 Å². The number of aromatic nitrogens is 2. The first kappa shape index (κ1) is 19.0. The molecule has 8 heteroatoms. The van der Waals surface area contributed by atoms with Crippen LogP contribution in [0.4, 0.5) is 4.39 Å². The fourth-order valence-corrected chi connectivity index (χ4v) is 2.94. The number of pyridine rings is 2. The van der Waals surface area contributed by atoms with Crippen molar-refractivity contribution in [2.24, 2.45) is 7.05 Å². The van der Waals surface area contributed by atoms with Crippen LogP contribution in [0, 0.1) is 5.82 Å². The molecular formula is C19H20FN3O4. The van der Waals surface area contributed by atoms with Gasteiger partial charge in [-0.1, -0.05) is 12.1 Å². The average Bonchev–Trinajstić information content (AvgIpc) is 2.66. The third-order valence-electron chi connectivity index (χ3n) is 4.34. The minimum atomic E-state index is -1.43. The van der Waals surface area contributed by atoms with Crippen LogP contribution in [-0.2, 0) is 13.5 Å². The van der Waals surface area contributed by atoms with Crippen molar-refractivity contribution in [1.82, 2.24) is 14.9 Å². The molecule has 1 unspecified atom stereocenters. The second-order valence-corrected chi connectivity index (χ2v) is 6.22. The smallest absolute Gasteiger partial charge is 0.261 e. The van der Waals surface area contributed by atoms with Crippen molar-refractivity contribution in [3.63, 3.8) is 0 Å². The van der Waals surface area contributed by atoms with Gasteiger partial charge in [-0.2, -0.15) is 0 Å². The lowest BCUT2D eigenvalue weighted by atomic mass is 10.1. The molecule has 0 fully saturated rings. The summed E-state index contributed by atoms with van der Waals surface area (Å²) >= 11 is 0. The first-order chi connectivity index (χ1) is 12.9. The zero-order valence-electron chi connectivity index (χ0n) is 14.7. The standard InChI is InChI=1S/C19H20FN3O4/c1-23-14-9-12(8-11-2-4-13(20)5-3-11)10-22-16(14)17(25)15(19(23)27)18(26)21-6-7-24/h2-5,9-10,18,21,24-26H,6-8H2,1H3. The highest BCUT2D eigenvalue weighted by molar-refractivity contribution is 5.82. The number of halogens is 1. The maximum atomic E-state index is 13.0. The first-order valence-corrected chi connectivity index (χ1v) is 8.39. The summed E-state index contributed by atoms with van der Waals surface area (Å²) in [5, 5.41) is 32.0. The molecule has 0 bridgehead atoms. The monoisotopic (exact) mass is 373 g/mol. The minimum absolute atomic E-state index is 0.0613. The quantitative estimate of drug-likeness (QED) is 0.479. The largest absolute Gasteiger partial charge is 0.505 e. The van der Waals surface area contributed by atoms with E-state index in [-0.39, 0.29) is 30.0 Å². The van der Waals surface area contributed by atoms with E-state index in [9.17, 15) is 19.4 Å². The zero-order chi connectivity index (χ0) is 19.6. The number of nitrogens with one attached hydrogen (secondary N) is 1. The second-order valence-electron chi connectivity index (χ2n) is 6.22. The van der Waals surface area contributed by atoms with Gasteiger partial charge in [0.1, 0.15) is 23.1 Å². The number of fused-ring (bicyclic) bond motifs is 1. The van der Waals surface area contributed by atoms with E-state index >= 15 is 0 Å². The fourth-order valence-electron chi connectivity index (χ4n) is 2.94. The van der Waals surface area contributed by atoms with Gasteiger partial charge in [0.2, 0.25) is 0 Å². The Morgan fingerprint density at radius 2 is 1.96 bits per heavy atom. The van der Waals surface area contributed by atoms with Gasteiger partial charge in [0.15, 0.2) is 5.75 Å². The van der Waals surface area contributed by atoms with Crippen molar-refractivity contribution < 1.29 is 19.7 Å². The summed E-state index contributed by atoms with van der Waals surface area (Å²) in [6.07, 6.45) is 0.620. The Morgan fingerprint density at radius 3 is 2.63 bits per heavy atom. The molecule has 0 amide bonds. The molecule has 0 aliphatic carbocycles. The maximum absolute atomic E-state index is 13.0. The molecule has 0 radical (unpaired) electrons. The van der Waals surface area contributed by atoms with Crippen LogP contribution in [0.1, 0.15) is 22.9 Å². The zero-order valence-corrected chi connectivity index (χ0v) is 14.7. The van der Waals surface area contributed by atoms with E-state index in [2.05, 4.69) is 10.3 Å². The van der Waals surface area contributed by atoms with Gasteiger partial charge in [0, 0.05) is 19.8 Å². The SMILES string of the molecule is Cn1c(=O)c(C(O)NCCO)c(O)c2ncc(Cc3ccc(F)cc3)cc21. The van der Waals surface area contributed by atoms with E-state index in [1.54, 1.807) is 24.4 Å².